The molecule has 0 aromatic carbocycles. The van der Waals surface area contributed by atoms with Crippen molar-refractivity contribution in [2.24, 2.45) is 0 Å². The van der Waals surface area contributed by atoms with E-state index in [0.717, 1.165) is 0 Å². The molecule has 0 radical (unpaired) electrons. The molecular formula is C4H8N2O. The van der Waals surface area contributed by atoms with E-state index in [-0.39, 0.29) is 5.91 Å². The van der Waals surface area contributed by atoms with E-state index in [1.54, 1.807) is 0 Å². The Morgan fingerprint density at radius 2 is 2.57 bits per heavy atom. The van der Waals surface area contributed by atoms with Crippen LogP contribution in [0, 0.1) is 0 Å². The van der Waals surface area contributed by atoms with Crippen LogP contribution in [0.25, 0.3) is 0 Å². The van der Waals surface area contributed by atoms with Gasteiger partial charge in [0.25, 0.3) is 0 Å². The number of rotatable bonds is 0. The summed E-state index contributed by atoms with van der Waals surface area (Å²) in [4.78, 5) is 10.3. The second-order valence-corrected chi connectivity index (χ2v) is 1.80. The van der Waals surface area contributed by atoms with E-state index in [4.69, 9.17) is 0 Å². The first-order valence-electron chi connectivity index (χ1n) is 2.33. The van der Waals surface area contributed by atoms with Crippen LogP contribution in [0.1, 0.15) is 13.3 Å². The van der Waals surface area contributed by atoms with Crippen molar-refractivity contribution in [1.82, 2.24) is 10.9 Å². The number of carbonyl (C=O) groups is 1. The van der Waals surface area contributed by atoms with Crippen molar-refractivity contribution in [3.63, 3.8) is 0 Å². The molecule has 1 rings (SSSR count). The molecule has 1 saturated heterocycles. The first-order chi connectivity index (χ1) is 3.29. The Morgan fingerprint density at radius 3 is 2.71 bits per heavy atom. The summed E-state index contributed by atoms with van der Waals surface area (Å²) in [5, 5.41) is 0. The number of hydrogen-bond acceptors (Lipinski definition) is 2. The highest BCUT2D eigenvalue weighted by Gasteiger charge is 2.14. The number of carbonyl (C=O) groups excluding carboxylic acids is 1. The molecule has 7 heavy (non-hydrogen) atoms. The van der Waals surface area contributed by atoms with E-state index >= 15 is 0 Å². The average molecular weight is 100 g/mol. The van der Waals surface area contributed by atoms with Crippen molar-refractivity contribution < 1.29 is 4.79 Å². The van der Waals surface area contributed by atoms with Gasteiger partial charge in [-0.15, -0.1) is 0 Å². The third-order valence-corrected chi connectivity index (χ3v) is 0.950. The minimum absolute atomic E-state index is 0.0903. The third kappa shape index (κ3) is 0.899. The Hall–Kier alpha value is -0.570. The molecule has 1 aliphatic rings. The maximum absolute atomic E-state index is 10.3. The minimum Gasteiger partial charge on any atom is -0.291 e. The summed E-state index contributed by atoms with van der Waals surface area (Å²) in [6.07, 6.45) is 0.611. The van der Waals surface area contributed by atoms with Gasteiger partial charge in [-0.1, -0.05) is 0 Å². The Bertz CT molecular complexity index is 91.7. The summed E-state index contributed by atoms with van der Waals surface area (Å²) in [5.41, 5.74) is 5.25. The van der Waals surface area contributed by atoms with Crippen LogP contribution in [0.3, 0.4) is 0 Å². The SMILES string of the molecule is CC1CC(=O)NN1. The van der Waals surface area contributed by atoms with Gasteiger partial charge >= 0.3 is 0 Å². The van der Waals surface area contributed by atoms with Crippen molar-refractivity contribution >= 4 is 5.91 Å². The molecule has 1 aliphatic heterocycles. The van der Waals surface area contributed by atoms with Crippen LogP contribution in [-0.4, -0.2) is 11.9 Å². The Morgan fingerprint density at radius 1 is 1.86 bits per heavy atom. The molecule has 1 amide bonds. The first-order valence-corrected chi connectivity index (χ1v) is 2.33. The minimum atomic E-state index is 0.0903. The van der Waals surface area contributed by atoms with E-state index in [1.165, 1.54) is 0 Å². The van der Waals surface area contributed by atoms with Gasteiger partial charge in [0.15, 0.2) is 0 Å². The van der Waals surface area contributed by atoms with Gasteiger partial charge in [-0.2, -0.15) is 0 Å². The number of hydrazine groups is 1. The van der Waals surface area contributed by atoms with Crippen molar-refractivity contribution in [3.8, 4) is 0 Å². The van der Waals surface area contributed by atoms with Gasteiger partial charge in [0.2, 0.25) is 5.91 Å². The normalized spacial score (nSPS) is 30.4. The summed E-state index contributed by atoms with van der Waals surface area (Å²) in [6.45, 7) is 1.96. The van der Waals surface area contributed by atoms with E-state index in [1.807, 2.05) is 6.92 Å². The fourth-order valence-corrected chi connectivity index (χ4v) is 0.584. The quantitative estimate of drug-likeness (QED) is 0.426. The first kappa shape index (κ1) is 4.59. The molecule has 1 fully saturated rings. The van der Waals surface area contributed by atoms with Gasteiger partial charge < -0.3 is 0 Å². The topological polar surface area (TPSA) is 41.1 Å². The van der Waals surface area contributed by atoms with E-state index in [2.05, 4.69) is 10.9 Å². The van der Waals surface area contributed by atoms with Crippen molar-refractivity contribution in [2.45, 2.75) is 19.4 Å². The van der Waals surface area contributed by atoms with Crippen LogP contribution in [0.2, 0.25) is 0 Å². The standard InChI is InChI=1S/C4H8N2O/c1-3-2-4(7)6-5-3/h3,5H,2H2,1H3,(H,6,7). The van der Waals surface area contributed by atoms with Crippen LogP contribution in [0.15, 0.2) is 0 Å². The summed E-state index contributed by atoms with van der Waals surface area (Å²) in [5.74, 6) is 0.0903. The van der Waals surface area contributed by atoms with Crippen molar-refractivity contribution in [1.29, 1.82) is 0 Å². The molecule has 0 aromatic rings. The molecule has 0 aromatic heterocycles. The molecule has 1 unspecified atom stereocenters. The molecule has 0 saturated carbocycles. The second kappa shape index (κ2) is 1.50. The maximum atomic E-state index is 10.3. The third-order valence-electron chi connectivity index (χ3n) is 0.950. The largest absolute Gasteiger partial charge is 0.291 e. The lowest BCUT2D eigenvalue weighted by Crippen LogP contribution is -2.29. The zero-order valence-electron chi connectivity index (χ0n) is 4.19. The number of amides is 1. The Balaban J connectivity index is 2.40. The van der Waals surface area contributed by atoms with E-state index in [9.17, 15) is 4.79 Å². The molecule has 40 valence electrons. The van der Waals surface area contributed by atoms with Crippen molar-refractivity contribution in [3.05, 3.63) is 0 Å². The zero-order chi connectivity index (χ0) is 5.28. The molecule has 3 heteroatoms. The molecule has 3 nitrogen and oxygen atoms in total. The lowest BCUT2D eigenvalue weighted by atomic mass is 10.3. The summed E-state index contributed by atoms with van der Waals surface area (Å²) in [6, 6.07) is 0.312. The van der Waals surface area contributed by atoms with Gasteiger partial charge in [-0.3, -0.25) is 10.2 Å². The predicted octanol–water partition coefficient (Wildman–Crippen LogP) is -0.601. The molecule has 1 heterocycles. The van der Waals surface area contributed by atoms with Gasteiger partial charge in [0, 0.05) is 12.5 Å². The monoisotopic (exact) mass is 100 g/mol. The van der Waals surface area contributed by atoms with Crippen LogP contribution in [0.5, 0.6) is 0 Å². The Kier molecular flexibility index (Phi) is 0.982. The fraction of sp³-hybridized carbons (Fsp3) is 0.750. The predicted molar refractivity (Wildman–Crippen MR) is 25.4 cm³/mol. The molecule has 0 spiro atoms. The summed E-state index contributed by atoms with van der Waals surface area (Å²) < 4.78 is 0. The lowest BCUT2D eigenvalue weighted by Gasteiger charge is -1.93. The lowest BCUT2D eigenvalue weighted by molar-refractivity contribution is -0.119. The van der Waals surface area contributed by atoms with Crippen LogP contribution < -0.4 is 10.9 Å². The number of hydrogen-bond donors (Lipinski definition) is 2. The molecule has 2 N–H and O–H groups in total. The van der Waals surface area contributed by atoms with Gasteiger partial charge in [-0.05, 0) is 6.92 Å². The molecule has 0 bridgehead atoms. The smallest absolute Gasteiger partial charge is 0.235 e. The van der Waals surface area contributed by atoms with Gasteiger partial charge in [-0.25, -0.2) is 5.43 Å². The highest BCUT2D eigenvalue weighted by Crippen LogP contribution is 1.93. The highest BCUT2D eigenvalue weighted by molar-refractivity contribution is 5.77. The van der Waals surface area contributed by atoms with E-state index < -0.39 is 0 Å². The number of nitrogens with one attached hydrogen (secondary N) is 2. The summed E-state index contributed by atoms with van der Waals surface area (Å²) in [7, 11) is 0. The summed E-state index contributed by atoms with van der Waals surface area (Å²) >= 11 is 0. The zero-order valence-corrected chi connectivity index (χ0v) is 4.19. The maximum Gasteiger partial charge on any atom is 0.235 e. The van der Waals surface area contributed by atoms with Gasteiger partial charge in [0.1, 0.15) is 0 Å². The molecular weight excluding hydrogens is 92.1 g/mol. The van der Waals surface area contributed by atoms with Crippen LogP contribution in [0.4, 0.5) is 0 Å². The fourth-order valence-electron chi connectivity index (χ4n) is 0.584. The van der Waals surface area contributed by atoms with Crippen molar-refractivity contribution in [2.75, 3.05) is 0 Å². The molecule has 1 atom stereocenters. The second-order valence-electron chi connectivity index (χ2n) is 1.80. The van der Waals surface area contributed by atoms with Gasteiger partial charge in [0.05, 0.1) is 0 Å². The van der Waals surface area contributed by atoms with Crippen LogP contribution >= 0.6 is 0 Å². The van der Waals surface area contributed by atoms with Crippen LogP contribution in [-0.2, 0) is 4.79 Å². The average Bonchev–Trinajstić information content (AvgIpc) is 1.87. The highest BCUT2D eigenvalue weighted by atomic mass is 16.2. The van der Waals surface area contributed by atoms with E-state index in [0.29, 0.717) is 12.5 Å². The Labute approximate surface area is 42.1 Å². The molecule has 0 aliphatic carbocycles.